The molecule has 9 rings (SSSR count). The first-order chi connectivity index (χ1) is 40.0. The summed E-state index contributed by atoms with van der Waals surface area (Å²) in [5, 5.41) is 6.01. The number of hydrogen-bond donors (Lipinski definition) is 1. The molecule has 0 unspecified atom stereocenters. The Morgan fingerprint density at radius 3 is 2.20 bits per heavy atom. The molecule has 4 aromatic carbocycles. The number of amidine groups is 1. The largest absolute Gasteiger partial charge is 0.493 e. The van der Waals surface area contributed by atoms with E-state index in [0.29, 0.717) is 122 Å². The van der Waals surface area contributed by atoms with Gasteiger partial charge in [0.2, 0.25) is 5.91 Å². The number of nitrogen functional groups attached to an aromatic ring is 1. The second-order valence-corrected chi connectivity index (χ2v) is 23.8. The fourth-order valence-corrected chi connectivity index (χ4v) is 11.5. The van der Waals surface area contributed by atoms with E-state index in [9.17, 15) is 14.0 Å². The number of carbonyl (C=O) groups is 3. The molecule has 2 N–H and O–H groups in total. The van der Waals surface area contributed by atoms with Crippen molar-refractivity contribution in [3.63, 3.8) is 0 Å². The van der Waals surface area contributed by atoms with Crippen LogP contribution >= 0.6 is 23.2 Å². The zero-order valence-electron chi connectivity index (χ0n) is 49.7. The van der Waals surface area contributed by atoms with Gasteiger partial charge in [0.25, 0.3) is 11.8 Å². The van der Waals surface area contributed by atoms with Crippen molar-refractivity contribution < 1.29 is 37.7 Å². The van der Waals surface area contributed by atoms with E-state index in [1.807, 2.05) is 78.2 Å². The quantitative estimate of drug-likeness (QED) is 0.0853. The molecule has 0 saturated carbocycles. The lowest BCUT2D eigenvalue weighted by Gasteiger charge is -2.47. The molecule has 6 aromatic rings. The number of aryl methyl sites for hydroxylation is 1. The summed E-state index contributed by atoms with van der Waals surface area (Å²) in [5.74, 6) is 0.312. The fraction of sp³-hybridized carbons (Fsp3) is 0.444. The fourth-order valence-electron chi connectivity index (χ4n) is 11.2. The number of rotatable bonds is 17. The molecule has 2 bridgehead atoms. The van der Waals surface area contributed by atoms with E-state index in [1.54, 1.807) is 35.5 Å². The van der Waals surface area contributed by atoms with Gasteiger partial charge < -0.3 is 39.4 Å². The molecule has 1 saturated heterocycles. The minimum Gasteiger partial charge on any atom is -0.493 e. The van der Waals surface area contributed by atoms with Crippen LogP contribution in [0.1, 0.15) is 111 Å². The normalized spacial score (nSPS) is 19.2. The van der Waals surface area contributed by atoms with Gasteiger partial charge in [-0.2, -0.15) is 5.10 Å². The summed E-state index contributed by atoms with van der Waals surface area (Å²) in [6.07, 6.45) is 0.927. The molecule has 18 nitrogen and oxygen atoms in total. The maximum absolute atomic E-state index is 15.5. The third-order valence-electron chi connectivity index (χ3n) is 16.4. The van der Waals surface area contributed by atoms with E-state index in [-0.39, 0.29) is 60.1 Å². The van der Waals surface area contributed by atoms with Gasteiger partial charge in [-0.05, 0) is 111 Å². The number of urea groups is 1. The highest BCUT2D eigenvalue weighted by Gasteiger charge is 2.60. The molecule has 1 fully saturated rings. The first-order valence-corrected chi connectivity index (χ1v) is 29.3. The van der Waals surface area contributed by atoms with Gasteiger partial charge in [0.15, 0.2) is 5.82 Å². The van der Waals surface area contributed by atoms with Crippen molar-refractivity contribution in [3.05, 3.63) is 152 Å². The number of nitrogens with zero attached hydrogens (tertiary/aromatic N) is 10. The average Bonchev–Trinajstić information content (AvgIpc) is 2.01. The Kier molecular flexibility index (Phi) is 18.7. The van der Waals surface area contributed by atoms with Gasteiger partial charge in [-0.1, -0.05) is 74.3 Å². The second kappa shape index (κ2) is 25.6. The lowest BCUT2D eigenvalue weighted by molar-refractivity contribution is -0.131. The lowest BCUT2D eigenvalue weighted by atomic mass is 9.71. The molecule has 5 heterocycles. The Balaban J connectivity index is 0.781. The third-order valence-corrected chi connectivity index (χ3v) is 16.9. The Hall–Kier alpha value is -7.16. The summed E-state index contributed by atoms with van der Waals surface area (Å²) in [6, 6.07) is 25.4. The van der Waals surface area contributed by atoms with Crippen LogP contribution in [0.4, 0.5) is 15.0 Å². The molecule has 446 valence electrons. The molecule has 84 heavy (non-hydrogen) atoms. The predicted molar refractivity (Wildman–Crippen MR) is 323 cm³/mol. The second-order valence-electron chi connectivity index (χ2n) is 23.0. The van der Waals surface area contributed by atoms with Crippen molar-refractivity contribution >= 4 is 52.7 Å². The number of benzene rings is 4. The minimum atomic E-state index is -1.04. The molecular weight excluding hydrogens is 1110 g/mol. The van der Waals surface area contributed by atoms with Crippen LogP contribution in [0.2, 0.25) is 10.0 Å². The molecule has 0 aliphatic carbocycles. The van der Waals surface area contributed by atoms with Gasteiger partial charge in [0.1, 0.15) is 34.6 Å². The number of aliphatic imine (C=N–C) groups is 1. The Morgan fingerprint density at radius 2 is 1.54 bits per heavy atom. The number of aromatic nitrogens is 4. The monoisotopic (exact) mass is 1190 g/mol. The third kappa shape index (κ3) is 12.8. The molecule has 3 aliphatic rings. The van der Waals surface area contributed by atoms with Crippen molar-refractivity contribution in [3.8, 4) is 22.9 Å². The first-order valence-electron chi connectivity index (χ1n) is 28.5. The Labute approximate surface area is 501 Å². The zero-order chi connectivity index (χ0) is 60.3. The summed E-state index contributed by atoms with van der Waals surface area (Å²) in [5.41, 5.74) is 10.6. The van der Waals surface area contributed by atoms with Crippen LogP contribution in [-0.2, 0) is 43.9 Å². The number of halogens is 3. The Bertz CT molecular complexity index is 3400. The number of ether oxygens (including phenoxy) is 4. The van der Waals surface area contributed by atoms with E-state index in [0.717, 1.165) is 22.3 Å². The van der Waals surface area contributed by atoms with Gasteiger partial charge in [-0.3, -0.25) is 29.1 Å². The number of piperazine rings is 1. The van der Waals surface area contributed by atoms with Gasteiger partial charge >= 0.3 is 6.03 Å². The van der Waals surface area contributed by atoms with E-state index in [2.05, 4.69) is 56.6 Å². The van der Waals surface area contributed by atoms with E-state index >= 15 is 4.79 Å². The van der Waals surface area contributed by atoms with Crippen molar-refractivity contribution in [1.29, 1.82) is 0 Å². The molecule has 0 spiro atoms. The SMILES string of the molecule is CCOc1cc(C(C)(C)C)ccc1C1=N[C@](C)(c2ccc(Cl)cc2)[C@](C)(c2ccc(Cl)cc2)N1C(=O)N1CCN(CCOCCOCCC(=O)N(C)CCn2nc(C)c3c2CN(C)C(=O)c2ccc(F)cc2[C@@H](C)Oc2nc-3cnc2N)CC1. The summed E-state index contributed by atoms with van der Waals surface area (Å²) in [4.78, 5) is 66.7. The average molecular weight is 1190 g/mol. The first kappa shape index (κ1) is 61.4. The maximum Gasteiger partial charge on any atom is 0.326 e. The topological polar surface area (TPSA) is 186 Å². The number of likely N-dealkylation sites (N-methyl/N-ethyl adjacent to an activating group) is 1. The number of anilines is 1. The molecule has 0 radical (unpaired) electrons. The Morgan fingerprint density at radius 1 is 0.881 bits per heavy atom. The van der Waals surface area contributed by atoms with E-state index in [4.69, 9.17) is 63.0 Å². The van der Waals surface area contributed by atoms with Crippen molar-refractivity contribution in [1.82, 2.24) is 44.2 Å². The van der Waals surface area contributed by atoms with Crippen LogP contribution in [0.5, 0.6) is 11.6 Å². The number of hydrogen-bond acceptors (Lipinski definition) is 13. The number of nitrogens with two attached hydrogens (primary N) is 1. The number of carbonyl (C=O) groups excluding carboxylic acids is 3. The van der Waals surface area contributed by atoms with Gasteiger partial charge in [-0.15, -0.1) is 0 Å². The van der Waals surface area contributed by atoms with Gasteiger partial charge in [0.05, 0.1) is 81.4 Å². The van der Waals surface area contributed by atoms with Crippen LogP contribution in [-0.4, -0.2) is 154 Å². The van der Waals surface area contributed by atoms with Crippen molar-refractivity contribution in [2.45, 2.75) is 97.5 Å². The van der Waals surface area contributed by atoms with Gasteiger partial charge in [0, 0.05) is 80.1 Å². The van der Waals surface area contributed by atoms with Crippen LogP contribution in [0.15, 0.2) is 96.1 Å². The highest BCUT2D eigenvalue weighted by molar-refractivity contribution is 6.30. The lowest BCUT2D eigenvalue weighted by Crippen LogP contribution is -2.60. The van der Waals surface area contributed by atoms with Gasteiger partial charge in [-0.25, -0.2) is 19.2 Å². The van der Waals surface area contributed by atoms with Crippen LogP contribution < -0.4 is 15.2 Å². The molecular formula is C63H76Cl2FN11O7. The van der Waals surface area contributed by atoms with Crippen LogP contribution in [0.25, 0.3) is 11.3 Å². The summed E-state index contributed by atoms with van der Waals surface area (Å²) in [7, 11) is 3.40. The maximum atomic E-state index is 15.5. The number of fused-ring (bicyclic) bond motifs is 5. The minimum absolute atomic E-state index is 0.0458. The molecule has 3 aliphatic heterocycles. The van der Waals surface area contributed by atoms with E-state index in [1.165, 1.54) is 24.4 Å². The molecule has 21 heteroatoms. The van der Waals surface area contributed by atoms with Crippen LogP contribution in [0.3, 0.4) is 0 Å². The predicted octanol–water partition coefficient (Wildman–Crippen LogP) is 10.3. The highest BCUT2D eigenvalue weighted by Crippen LogP contribution is 2.54. The standard InChI is InChI=1S/C63H76Cl2FN11O7/c1-11-83-53-36-44(61(4,5)6)16-22-49(53)57-70-62(7,42-12-17-45(64)18-13-42)63(8,43-14-19-46(65)20-15-43)77(57)60(80)75-28-26-74(27-29-75)31-33-82-35-34-81-32-24-54(78)72(9)25-30-76-52-39-73(10)59(79)48-23-21-47(66)37-50(48)41(3)84-58-56(67)68-38-51(69-58)55(52)40(2)71-76/h12-23,36-38,41H,11,24-35,39H2,1-10H3,(H2,67,68)/t41-,62-,63+/m1/s1. The van der Waals surface area contributed by atoms with Crippen LogP contribution in [0, 0.1) is 12.7 Å². The van der Waals surface area contributed by atoms with E-state index < -0.39 is 23.0 Å². The smallest absolute Gasteiger partial charge is 0.326 e. The summed E-state index contributed by atoms with van der Waals surface area (Å²) >= 11 is 13.0. The zero-order valence-corrected chi connectivity index (χ0v) is 51.2. The molecule has 3 atom stereocenters. The van der Waals surface area contributed by atoms with Crippen molar-refractivity contribution in [2.75, 3.05) is 92.1 Å². The molecule has 2 aromatic heterocycles. The summed E-state index contributed by atoms with van der Waals surface area (Å²) in [6.45, 7) is 21.6. The number of amides is 4. The highest BCUT2D eigenvalue weighted by atomic mass is 35.5. The van der Waals surface area contributed by atoms with Crippen molar-refractivity contribution in [2.24, 2.45) is 4.99 Å². The summed E-state index contributed by atoms with van der Waals surface area (Å²) < 4.78 is 40.6. The molecule has 4 amide bonds.